The zero-order chi connectivity index (χ0) is 13.5. The molecule has 1 aromatic carbocycles. The zero-order valence-electron chi connectivity index (χ0n) is 11.8. The van der Waals surface area contributed by atoms with Crippen molar-refractivity contribution in [1.29, 1.82) is 0 Å². The molecule has 1 amide bonds. The van der Waals surface area contributed by atoms with Gasteiger partial charge in [-0.15, -0.1) is 0 Å². The van der Waals surface area contributed by atoms with Crippen molar-refractivity contribution in [3.8, 4) is 0 Å². The molecule has 0 radical (unpaired) electrons. The summed E-state index contributed by atoms with van der Waals surface area (Å²) in [6.45, 7) is 3.31. The maximum Gasteiger partial charge on any atom is 0.220 e. The van der Waals surface area contributed by atoms with Gasteiger partial charge in [0, 0.05) is 31.2 Å². The van der Waals surface area contributed by atoms with Crippen molar-refractivity contribution in [2.45, 2.75) is 44.6 Å². The Morgan fingerprint density at radius 2 is 2.21 bits per heavy atom. The van der Waals surface area contributed by atoms with E-state index in [1.807, 2.05) is 0 Å². The zero-order valence-corrected chi connectivity index (χ0v) is 11.8. The second-order valence-electron chi connectivity index (χ2n) is 6.27. The number of anilines is 1. The number of aryl methyl sites for hydroxylation is 1. The first kappa shape index (κ1) is 12.5. The molecule has 0 aromatic heterocycles. The van der Waals surface area contributed by atoms with Crippen molar-refractivity contribution >= 4 is 11.6 Å². The minimum absolute atomic E-state index is 0.0497. The monoisotopic (exact) mass is 258 g/mol. The van der Waals surface area contributed by atoms with E-state index in [9.17, 15) is 4.79 Å². The molecule has 1 fully saturated rings. The summed E-state index contributed by atoms with van der Waals surface area (Å²) in [6.07, 6.45) is 4.97. The largest absolute Gasteiger partial charge is 0.374 e. The van der Waals surface area contributed by atoms with Gasteiger partial charge in [0.05, 0.1) is 0 Å². The molecule has 2 aliphatic rings. The quantitative estimate of drug-likeness (QED) is 0.882. The topological polar surface area (TPSA) is 32.3 Å². The third kappa shape index (κ3) is 2.46. The maximum absolute atomic E-state index is 11.4. The van der Waals surface area contributed by atoms with Gasteiger partial charge in [0.2, 0.25) is 5.91 Å². The molecule has 2 heterocycles. The lowest BCUT2D eigenvalue weighted by Gasteiger charge is -2.29. The molecule has 3 heteroatoms. The van der Waals surface area contributed by atoms with Crippen LogP contribution in [0.4, 0.5) is 5.69 Å². The van der Waals surface area contributed by atoms with E-state index in [-0.39, 0.29) is 11.4 Å². The molecule has 102 valence electrons. The van der Waals surface area contributed by atoms with Crippen molar-refractivity contribution in [2.75, 3.05) is 18.5 Å². The first-order valence-electron chi connectivity index (χ1n) is 7.20. The number of amides is 1. The first-order chi connectivity index (χ1) is 9.06. The molecule has 3 nitrogen and oxygen atoms in total. The number of fused-ring (bicyclic) bond motifs is 1. The van der Waals surface area contributed by atoms with Gasteiger partial charge in [-0.2, -0.15) is 0 Å². The fourth-order valence-electron chi connectivity index (χ4n) is 3.38. The molecule has 0 saturated carbocycles. The van der Waals surface area contributed by atoms with Gasteiger partial charge in [0.1, 0.15) is 0 Å². The maximum atomic E-state index is 11.4. The van der Waals surface area contributed by atoms with Crippen LogP contribution in [0.5, 0.6) is 0 Å². The molecule has 0 spiro atoms. The minimum Gasteiger partial charge on any atom is -0.374 e. The van der Waals surface area contributed by atoms with E-state index in [1.165, 1.54) is 29.7 Å². The molecular formula is C16H22N2O. The predicted octanol–water partition coefficient (Wildman–Crippen LogP) is 2.28. The van der Waals surface area contributed by atoms with E-state index in [0.717, 1.165) is 19.4 Å². The summed E-state index contributed by atoms with van der Waals surface area (Å²) in [5, 5.41) is 3.12. The van der Waals surface area contributed by atoms with Gasteiger partial charge in [-0.05, 0) is 49.8 Å². The molecule has 1 aromatic rings. The van der Waals surface area contributed by atoms with Crippen LogP contribution in [0.1, 0.15) is 37.3 Å². The Balaban J connectivity index is 1.81. The van der Waals surface area contributed by atoms with Crippen LogP contribution in [-0.2, 0) is 17.6 Å². The van der Waals surface area contributed by atoms with Crippen LogP contribution in [0.15, 0.2) is 18.2 Å². The summed E-state index contributed by atoms with van der Waals surface area (Å²) in [6, 6.07) is 6.79. The van der Waals surface area contributed by atoms with Gasteiger partial charge < -0.3 is 10.2 Å². The van der Waals surface area contributed by atoms with Crippen molar-refractivity contribution in [2.24, 2.45) is 0 Å². The number of carbonyl (C=O) groups excluding carboxylic acids is 1. The third-order valence-electron chi connectivity index (χ3n) is 4.43. The Labute approximate surface area is 115 Å². The number of nitrogens with one attached hydrogen (secondary N) is 1. The summed E-state index contributed by atoms with van der Waals surface area (Å²) in [4.78, 5) is 13.7. The lowest BCUT2D eigenvalue weighted by Crippen LogP contribution is -2.40. The van der Waals surface area contributed by atoms with Crippen LogP contribution in [0.2, 0.25) is 0 Å². The van der Waals surface area contributed by atoms with E-state index < -0.39 is 0 Å². The molecule has 3 rings (SSSR count). The highest BCUT2D eigenvalue weighted by molar-refractivity contribution is 5.79. The summed E-state index contributed by atoms with van der Waals surface area (Å²) in [5.74, 6) is 0.195. The van der Waals surface area contributed by atoms with E-state index in [0.29, 0.717) is 6.42 Å². The lowest BCUT2D eigenvalue weighted by molar-refractivity contribution is -0.119. The fraction of sp³-hybridized carbons (Fsp3) is 0.562. The molecule has 1 N–H and O–H groups in total. The fourth-order valence-corrected chi connectivity index (χ4v) is 3.38. The van der Waals surface area contributed by atoms with E-state index in [1.54, 1.807) is 0 Å². The molecule has 19 heavy (non-hydrogen) atoms. The van der Waals surface area contributed by atoms with Crippen LogP contribution in [0.3, 0.4) is 0 Å². The van der Waals surface area contributed by atoms with Crippen LogP contribution in [0, 0.1) is 0 Å². The molecule has 1 atom stereocenters. The van der Waals surface area contributed by atoms with E-state index in [4.69, 9.17) is 0 Å². The lowest BCUT2D eigenvalue weighted by atomic mass is 9.89. The Bertz CT molecular complexity index is 511. The summed E-state index contributed by atoms with van der Waals surface area (Å²) in [7, 11) is 2.16. The van der Waals surface area contributed by atoms with Crippen LogP contribution < -0.4 is 10.2 Å². The van der Waals surface area contributed by atoms with Gasteiger partial charge in [-0.25, -0.2) is 0 Å². The Hall–Kier alpha value is -1.51. The molecule has 1 unspecified atom stereocenters. The predicted molar refractivity (Wildman–Crippen MR) is 77.5 cm³/mol. The van der Waals surface area contributed by atoms with Gasteiger partial charge in [-0.3, -0.25) is 4.79 Å². The Morgan fingerprint density at radius 3 is 2.95 bits per heavy atom. The summed E-state index contributed by atoms with van der Waals surface area (Å²) >= 11 is 0. The highest BCUT2D eigenvalue weighted by Gasteiger charge is 2.33. The Morgan fingerprint density at radius 1 is 1.37 bits per heavy atom. The number of hydrogen-bond acceptors (Lipinski definition) is 2. The first-order valence-corrected chi connectivity index (χ1v) is 7.20. The Kier molecular flexibility index (Phi) is 3.00. The number of benzene rings is 1. The van der Waals surface area contributed by atoms with Crippen molar-refractivity contribution in [3.05, 3.63) is 29.3 Å². The second kappa shape index (κ2) is 4.55. The van der Waals surface area contributed by atoms with Crippen LogP contribution >= 0.6 is 0 Å². The highest BCUT2D eigenvalue weighted by Crippen LogP contribution is 2.30. The SMILES string of the molecule is CN1CCCc2cc(CC3(C)CCC(=O)N3)ccc21. The molecule has 2 aliphatic heterocycles. The standard InChI is InChI=1S/C16H22N2O/c1-16(8-7-15(19)17-16)11-12-5-6-14-13(10-12)4-3-9-18(14)2/h5-6,10H,3-4,7-9,11H2,1-2H3,(H,17,19). The average Bonchev–Trinajstić information content (AvgIpc) is 2.69. The van der Waals surface area contributed by atoms with Gasteiger partial charge in [-0.1, -0.05) is 12.1 Å². The molecule has 1 saturated heterocycles. The number of nitrogens with zero attached hydrogens (tertiary/aromatic N) is 1. The van der Waals surface area contributed by atoms with Gasteiger partial charge in [0.15, 0.2) is 0 Å². The number of rotatable bonds is 2. The van der Waals surface area contributed by atoms with Crippen molar-refractivity contribution in [1.82, 2.24) is 5.32 Å². The molecule has 0 bridgehead atoms. The minimum atomic E-state index is -0.0497. The smallest absolute Gasteiger partial charge is 0.220 e. The number of hydrogen-bond donors (Lipinski definition) is 1. The summed E-state index contributed by atoms with van der Waals surface area (Å²) < 4.78 is 0. The molecule has 0 aliphatic carbocycles. The van der Waals surface area contributed by atoms with Crippen LogP contribution in [0.25, 0.3) is 0 Å². The van der Waals surface area contributed by atoms with Gasteiger partial charge >= 0.3 is 0 Å². The van der Waals surface area contributed by atoms with E-state index in [2.05, 4.69) is 42.4 Å². The average molecular weight is 258 g/mol. The van der Waals surface area contributed by atoms with E-state index >= 15 is 0 Å². The normalized spacial score (nSPS) is 26.2. The van der Waals surface area contributed by atoms with Gasteiger partial charge in [0.25, 0.3) is 0 Å². The third-order valence-corrected chi connectivity index (χ3v) is 4.43. The number of carbonyl (C=O) groups is 1. The summed E-state index contributed by atoms with van der Waals surface area (Å²) in [5.41, 5.74) is 4.12. The highest BCUT2D eigenvalue weighted by atomic mass is 16.2. The van der Waals surface area contributed by atoms with Crippen molar-refractivity contribution in [3.63, 3.8) is 0 Å². The van der Waals surface area contributed by atoms with Crippen LogP contribution in [-0.4, -0.2) is 25.0 Å². The molecular weight excluding hydrogens is 236 g/mol. The van der Waals surface area contributed by atoms with Crippen molar-refractivity contribution < 1.29 is 4.79 Å². The second-order valence-corrected chi connectivity index (χ2v) is 6.27.